The van der Waals surface area contributed by atoms with Crippen LogP contribution < -0.4 is 10.2 Å². The molecule has 1 N–H and O–H groups in total. The van der Waals surface area contributed by atoms with Gasteiger partial charge in [-0.25, -0.2) is 4.79 Å². The minimum Gasteiger partial charge on any atom is -0.462 e. The number of aromatic nitrogens is 2. The molecule has 2 aliphatic heterocycles. The Balaban J connectivity index is 1.50. The number of hydrogen-bond donors (Lipinski definition) is 1. The van der Waals surface area contributed by atoms with Crippen LogP contribution in [0, 0.1) is 0 Å². The van der Waals surface area contributed by atoms with Crippen molar-refractivity contribution in [3.63, 3.8) is 0 Å². The quantitative estimate of drug-likeness (QED) is 0.781. The van der Waals surface area contributed by atoms with E-state index in [1.165, 1.54) is 0 Å². The topological polar surface area (TPSA) is 104 Å². The molecule has 0 saturated carbocycles. The highest BCUT2D eigenvalue weighted by atomic mass is 16.7. The summed E-state index contributed by atoms with van der Waals surface area (Å²) >= 11 is 0. The van der Waals surface area contributed by atoms with Crippen LogP contribution in [0.15, 0.2) is 47.6 Å². The van der Waals surface area contributed by atoms with Crippen LogP contribution in [-0.4, -0.2) is 45.4 Å². The number of rotatable bonds is 4. The first-order valence-electron chi connectivity index (χ1n) is 9.40. The van der Waals surface area contributed by atoms with Gasteiger partial charge in [-0.2, -0.15) is 9.98 Å². The third-order valence-corrected chi connectivity index (χ3v) is 4.48. The minimum absolute atomic E-state index is 0.132. The fourth-order valence-electron chi connectivity index (χ4n) is 3.32. The molecule has 9 nitrogen and oxygen atoms in total. The lowest BCUT2D eigenvalue weighted by atomic mass is 10.2. The first kappa shape index (κ1) is 19.6. The normalized spacial score (nSPS) is 23.8. The minimum atomic E-state index is -1.28. The maximum absolute atomic E-state index is 12.0. The number of aliphatic hydroxyl groups is 1. The second-order valence-corrected chi connectivity index (χ2v) is 7.43. The van der Waals surface area contributed by atoms with Crippen LogP contribution in [0.4, 0.5) is 4.79 Å². The lowest BCUT2D eigenvalue weighted by Gasteiger charge is -2.28. The smallest absolute Gasteiger partial charge is 0.435 e. The molecule has 4 rings (SSSR count). The van der Waals surface area contributed by atoms with Gasteiger partial charge in [-0.05, 0) is 25.5 Å². The maximum Gasteiger partial charge on any atom is 0.435 e. The Bertz CT molecular complexity index is 937. The Morgan fingerprint density at radius 3 is 2.90 bits per heavy atom. The molecule has 29 heavy (non-hydrogen) atoms. The largest absolute Gasteiger partial charge is 0.462 e. The molecule has 0 radical (unpaired) electrons. The molecule has 1 aromatic carbocycles. The van der Waals surface area contributed by atoms with Crippen LogP contribution in [0.3, 0.4) is 0 Å². The van der Waals surface area contributed by atoms with Gasteiger partial charge in [0.05, 0.1) is 6.10 Å². The Hall–Kier alpha value is -2.75. The summed E-state index contributed by atoms with van der Waals surface area (Å²) in [4.78, 5) is 20.2. The average Bonchev–Trinajstić information content (AvgIpc) is 2.96. The van der Waals surface area contributed by atoms with Crippen molar-refractivity contribution in [1.82, 2.24) is 9.55 Å². The molecule has 1 unspecified atom stereocenters. The van der Waals surface area contributed by atoms with E-state index in [-0.39, 0.29) is 36.9 Å². The van der Waals surface area contributed by atoms with Crippen LogP contribution in [0.5, 0.6) is 6.01 Å². The highest BCUT2D eigenvalue weighted by Gasteiger charge is 2.43. The van der Waals surface area contributed by atoms with Crippen LogP contribution in [0.1, 0.15) is 32.1 Å². The van der Waals surface area contributed by atoms with Crippen molar-refractivity contribution in [2.75, 3.05) is 6.61 Å². The van der Waals surface area contributed by atoms with Gasteiger partial charge in [0.1, 0.15) is 19.3 Å². The first-order chi connectivity index (χ1) is 13.9. The zero-order valence-electron chi connectivity index (χ0n) is 16.2. The van der Waals surface area contributed by atoms with Gasteiger partial charge in [0.2, 0.25) is 0 Å². The summed E-state index contributed by atoms with van der Waals surface area (Å²) < 4.78 is 24.2. The lowest BCUT2D eigenvalue weighted by Crippen LogP contribution is -2.35. The molecule has 154 valence electrons. The molecule has 1 aromatic heterocycles. The Kier molecular flexibility index (Phi) is 5.35. The highest BCUT2D eigenvalue weighted by molar-refractivity contribution is 5.68. The number of benzene rings is 1. The summed E-state index contributed by atoms with van der Waals surface area (Å²) in [5, 5.41) is 9.99. The van der Waals surface area contributed by atoms with E-state index in [1.807, 2.05) is 30.3 Å². The van der Waals surface area contributed by atoms with Crippen molar-refractivity contribution < 1.29 is 28.8 Å². The van der Waals surface area contributed by atoms with Gasteiger partial charge >= 0.3 is 12.1 Å². The molecule has 0 spiro atoms. The molecule has 9 heteroatoms. The van der Waals surface area contributed by atoms with Crippen LogP contribution in [0.25, 0.3) is 0 Å². The molecule has 3 atom stereocenters. The highest BCUT2D eigenvalue weighted by Crippen LogP contribution is 2.37. The number of fused-ring (bicyclic) bond motifs is 4. The second-order valence-electron chi connectivity index (χ2n) is 7.43. The molecule has 2 aliphatic rings. The van der Waals surface area contributed by atoms with Crippen molar-refractivity contribution in [1.29, 1.82) is 0 Å². The van der Waals surface area contributed by atoms with Gasteiger partial charge < -0.3 is 24.1 Å². The van der Waals surface area contributed by atoms with Crippen molar-refractivity contribution in [3.05, 3.63) is 53.6 Å². The summed E-state index contributed by atoms with van der Waals surface area (Å²) in [5.74, 6) is -1.28. The predicted molar refractivity (Wildman–Crippen MR) is 99.6 cm³/mol. The van der Waals surface area contributed by atoms with E-state index in [1.54, 1.807) is 30.7 Å². The molecule has 0 aliphatic carbocycles. The van der Waals surface area contributed by atoms with Crippen LogP contribution in [-0.2, 0) is 20.8 Å². The van der Waals surface area contributed by atoms with Crippen molar-refractivity contribution in [3.8, 4) is 6.01 Å². The third-order valence-electron chi connectivity index (χ3n) is 4.48. The molecule has 1 saturated heterocycles. The molecular formula is C20H23N3O6. The van der Waals surface area contributed by atoms with E-state index in [2.05, 4.69) is 9.98 Å². The average molecular weight is 401 g/mol. The van der Waals surface area contributed by atoms with E-state index in [9.17, 15) is 9.90 Å². The fourth-order valence-corrected chi connectivity index (χ4v) is 3.32. The van der Waals surface area contributed by atoms with Gasteiger partial charge in [0.25, 0.3) is 0 Å². The van der Waals surface area contributed by atoms with Gasteiger partial charge in [-0.15, -0.1) is 0 Å². The summed E-state index contributed by atoms with van der Waals surface area (Å²) in [6.45, 7) is 3.57. The van der Waals surface area contributed by atoms with Gasteiger partial charge in [0, 0.05) is 12.6 Å². The van der Waals surface area contributed by atoms with Gasteiger partial charge in [0.15, 0.2) is 17.5 Å². The van der Waals surface area contributed by atoms with E-state index >= 15 is 0 Å². The lowest BCUT2D eigenvalue weighted by molar-refractivity contribution is -0.222. The number of carbonyl (C=O) groups is 1. The van der Waals surface area contributed by atoms with E-state index < -0.39 is 18.1 Å². The number of amides is 1. The summed E-state index contributed by atoms with van der Waals surface area (Å²) in [6, 6.07) is 11.2. The Labute approximate surface area is 167 Å². The third kappa shape index (κ3) is 4.81. The second kappa shape index (κ2) is 7.94. The standard InChI is InChI=1S/C20H23N3O6/c1-20(2,25)29-15-10-14-12-26-18-21-16(8-9-23(18)17(15)28-14)22-19(24)27-11-13-6-4-3-5-7-13/h3-9,14-15,17,25H,10-12H2,1-2H3/b22-16-/t14-,15?,17+/m0/s1. The molecule has 2 bridgehead atoms. The summed E-state index contributed by atoms with van der Waals surface area (Å²) in [6.07, 6.45) is 0.513. The van der Waals surface area contributed by atoms with E-state index in [0.29, 0.717) is 6.42 Å². The predicted octanol–water partition coefficient (Wildman–Crippen LogP) is 1.91. The summed E-state index contributed by atoms with van der Waals surface area (Å²) in [7, 11) is 0. The van der Waals surface area contributed by atoms with Crippen molar-refractivity contribution in [2.24, 2.45) is 4.99 Å². The monoisotopic (exact) mass is 401 g/mol. The molecule has 3 heterocycles. The zero-order chi connectivity index (χ0) is 20.4. The fraction of sp³-hybridized carbons (Fsp3) is 0.450. The molecular weight excluding hydrogens is 378 g/mol. The van der Waals surface area contributed by atoms with Crippen molar-refractivity contribution in [2.45, 2.75) is 51.1 Å². The van der Waals surface area contributed by atoms with Gasteiger partial charge in [-0.3, -0.25) is 4.57 Å². The number of carbonyl (C=O) groups excluding carboxylic acids is 1. The van der Waals surface area contributed by atoms with E-state index in [4.69, 9.17) is 18.9 Å². The molecule has 2 aromatic rings. The molecule has 1 amide bonds. The number of hydrogen-bond acceptors (Lipinski definition) is 7. The van der Waals surface area contributed by atoms with Gasteiger partial charge in [-0.1, -0.05) is 30.3 Å². The molecule has 1 fully saturated rings. The summed E-state index contributed by atoms with van der Waals surface area (Å²) in [5.41, 5.74) is 1.04. The first-order valence-corrected chi connectivity index (χ1v) is 9.40. The Morgan fingerprint density at radius 2 is 2.14 bits per heavy atom. The SMILES string of the molecule is CC(C)(O)OC1C[C@H]2COc3n/c(=N\C(=O)OCc4ccccc4)ccn3[C@@H]1O2. The number of nitrogens with zero attached hydrogens (tertiary/aromatic N) is 3. The van der Waals surface area contributed by atoms with Crippen LogP contribution in [0.2, 0.25) is 0 Å². The van der Waals surface area contributed by atoms with E-state index in [0.717, 1.165) is 5.56 Å². The van der Waals surface area contributed by atoms with Crippen LogP contribution >= 0.6 is 0 Å². The zero-order valence-corrected chi connectivity index (χ0v) is 16.2. The maximum atomic E-state index is 12.0. The Morgan fingerprint density at radius 1 is 1.34 bits per heavy atom. The van der Waals surface area contributed by atoms with Crippen molar-refractivity contribution >= 4 is 6.09 Å². The number of ether oxygens (including phenoxy) is 4.